The SMILES string of the molecule is CC[C@@H]1CCCCN1C(=O)CCNC(=O)Cc1ccc(C(F)(F)F)cc1. The van der Waals surface area contributed by atoms with E-state index in [2.05, 4.69) is 12.2 Å². The second-order valence-corrected chi connectivity index (χ2v) is 6.62. The Morgan fingerprint density at radius 3 is 2.50 bits per heavy atom. The maximum Gasteiger partial charge on any atom is 0.416 e. The van der Waals surface area contributed by atoms with Gasteiger partial charge in [-0.05, 0) is 43.4 Å². The minimum atomic E-state index is -4.38. The Bertz CT molecular complexity index is 614. The van der Waals surface area contributed by atoms with Crippen molar-refractivity contribution < 1.29 is 22.8 Å². The van der Waals surface area contributed by atoms with Gasteiger partial charge in [0.25, 0.3) is 0 Å². The molecule has 1 atom stereocenters. The fourth-order valence-electron chi connectivity index (χ4n) is 3.27. The van der Waals surface area contributed by atoms with Gasteiger partial charge >= 0.3 is 6.18 Å². The lowest BCUT2D eigenvalue weighted by molar-refractivity contribution is -0.137. The zero-order valence-electron chi connectivity index (χ0n) is 14.9. The zero-order chi connectivity index (χ0) is 19.2. The van der Waals surface area contributed by atoms with Crippen LogP contribution in [0.25, 0.3) is 0 Å². The molecule has 0 aromatic heterocycles. The molecular weight excluding hydrogens is 345 g/mol. The van der Waals surface area contributed by atoms with Crippen molar-refractivity contribution in [2.75, 3.05) is 13.1 Å². The van der Waals surface area contributed by atoms with Gasteiger partial charge in [-0.15, -0.1) is 0 Å². The van der Waals surface area contributed by atoms with E-state index in [4.69, 9.17) is 0 Å². The van der Waals surface area contributed by atoms with E-state index in [1.165, 1.54) is 12.1 Å². The number of amides is 2. The summed E-state index contributed by atoms with van der Waals surface area (Å²) in [6, 6.07) is 4.82. The van der Waals surface area contributed by atoms with Crippen LogP contribution < -0.4 is 5.32 Å². The molecular formula is C19H25F3N2O2. The molecule has 2 rings (SSSR count). The lowest BCUT2D eigenvalue weighted by atomic mass is 9.99. The lowest BCUT2D eigenvalue weighted by Crippen LogP contribution is -2.44. The molecule has 144 valence electrons. The number of alkyl halides is 3. The summed E-state index contributed by atoms with van der Waals surface area (Å²) in [5.74, 6) is -0.255. The van der Waals surface area contributed by atoms with Crippen LogP contribution in [0.5, 0.6) is 0 Å². The number of likely N-dealkylation sites (tertiary alicyclic amines) is 1. The summed E-state index contributed by atoms with van der Waals surface area (Å²) >= 11 is 0. The number of piperidine rings is 1. The van der Waals surface area contributed by atoms with Crippen LogP contribution in [0.2, 0.25) is 0 Å². The number of carbonyl (C=O) groups excluding carboxylic acids is 2. The molecule has 1 aromatic rings. The smallest absolute Gasteiger partial charge is 0.355 e. The molecule has 4 nitrogen and oxygen atoms in total. The Morgan fingerprint density at radius 1 is 1.19 bits per heavy atom. The second-order valence-electron chi connectivity index (χ2n) is 6.62. The first kappa shape index (κ1) is 20.3. The van der Waals surface area contributed by atoms with Crippen molar-refractivity contribution in [3.63, 3.8) is 0 Å². The minimum Gasteiger partial charge on any atom is -0.355 e. The Morgan fingerprint density at radius 2 is 1.88 bits per heavy atom. The molecule has 1 saturated heterocycles. The number of hydrogen-bond acceptors (Lipinski definition) is 2. The van der Waals surface area contributed by atoms with E-state index in [-0.39, 0.29) is 31.2 Å². The summed E-state index contributed by atoms with van der Waals surface area (Å²) in [6.07, 6.45) is -0.0158. The highest BCUT2D eigenvalue weighted by molar-refractivity contribution is 5.80. The van der Waals surface area contributed by atoms with Crippen molar-refractivity contribution in [2.45, 2.75) is 57.7 Å². The maximum absolute atomic E-state index is 12.5. The first-order valence-corrected chi connectivity index (χ1v) is 9.03. The Hall–Kier alpha value is -2.05. The quantitative estimate of drug-likeness (QED) is 0.833. The fourth-order valence-corrected chi connectivity index (χ4v) is 3.27. The minimum absolute atomic E-state index is 0.00632. The predicted molar refractivity (Wildman–Crippen MR) is 92.4 cm³/mol. The van der Waals surface area contributed by atoms with Crippen molar-refractivity contribution in [1.82, 2.24) is 10.2 Å². The number of rotatable bonds is 6. The highest BCUT2D eigenvalue weighted by Crippen LogP contribution is 2.29. The molecule has 0 unspecified atom stereocenters. The molecule has 1 N–H and O–H groups in total. The fraction of sp³-hybridized carbons (Fsp3) is 0.579. The van der Waals surface area contributed by atoms with Gasteiger partial charge in [-0.1, -0.05) is 19.1 Å². The molecule has 0 saturated carbocycles. The zero-order valence-corrected chi connectivity index (χ0v) is 14.9. The summed E-state index contributed by atoms with van der Waals surface area (Å²) in [5.41, 5.74) is -0.233. The molecule has 26 heavy (non-hydrogen) atoms. The van der Waals surface area contributed by atoms with Crippen LogP contribution in [0.15, 0.2) is 24.3 Å². The molecule has 1 aliphatic rings. The van der Waals surface area contributed by atoms with Crippen molar-refractivity contribution in [3.8, 4) is 0 Å². The second kappa shape index (κ2) is 9.05. The van der Waals surface area contributed by atoms with Gasteiger partial charge in [-0.25, -0.2) is 0 Å². The third-order valence-electron chi connectivity index (χ3n) is 4.73. The maximum atomic E-state index is 12.5. The first-order valence-electron chi connectivity index (χ1n) is 9.03. The van der Waals surface area contributed by atoms with Gasteiger partial charge in [-0.2, -0.15) is 13.2 Å². The van der Waals surface area contributed by atoms with E-state index in [0.29, 0.717) is 11.6 Å². The monoisotopic (exact) mass is 370 g/mol. The van der Waals surface area contributed by atoms with Crippen LogP contribution >= 0.6 is 0 Å². The Labute approximate surface area is 151 Å². The number of nitrogens with zero attached hydrogens (tertiary/aromatic N) is 1. The molecule has 0 spiro atoms. The van der Waals surface area contributed by atoms with Gasteiger partial charge in [0.15, 0.2) is 0 Å². The summed E-state index contributed by atoms with van der Waals surface area (Å²) in [7, 11) is 0. The summed E-state index contributed by atoms with van der Waals surface area (Å²) in [6.45, 7) is 3.09. The van der Waals surface area contributed by atoms with Gasteiger partial charge in [-0.3, -0.25) is 9.59 Å². The topological polar surface area (TPSA) is 49.4 Å². The average molecular weight is 370 g/mol. The van der Waals surface area contributed by atoms with E-state index in [9.17, 15) is 22.8 Å². The van der Waals surface area contributed by atoms with E-state index < -0.39 is 11.7 Å². The standard InChI is InChI=1S/C19H25F3N2O2/c1-2-16-5-3-4-12-24(16)18(26)10-11-23-17(25)13-14-6-8-15(9-7-14)19(20,21)22/h6-9,16H,2-5,10-13H2,1H3,(H,23,25)/t16-/m1/s1. The Balaban J connectivity index is 1.75. The number of nitrogens with one attached hydrogen (secondary N) is 1. The van der Waals surface area contributed by atoms with Crippen LogP contribution in [0.1, 0.15) is 50.2 Å². The van der Waals surface area contributed by atoms with E-state index >= 15 is 0 Å². The Kier molecular flexibility index (Phi) is 7.06. The summed E-state index contributed by atoms with van der Waals surface area (Å²) in [5, 5.41) is 2.67. The number of hydrogen-bond donors (Lipinski definition) is 1. The van der Waals surface area contributed by atoms with E-state index in [0.717, 1.165) is 44.4 Å². The van der Waals surface area contributed by atoms with E-state index in [1.807, 2.05) is 4.90 Å². The van der Waals surface area contributed by atoms with Gasteiger partial charge in [0.05, 0.1) is 12.0 Å². The largest absolute Gasteiger partial charge is 0.416 e. The van der Waals surface area contributed by atoms with Crippen molar-refractivity contribution in [2.24, 2.45) is 0 Å². The third kappa shape index (κ3) is 5.75. The highest BCUT2D eigenvalue weighted by Gasteiger charge is 2.30. The molecule has 0 bridgehead atoms. The van der Waals surface area contributed by atoms with Crippen LogP contribution in [0.3, 0.4) is 0 Å². The lowest BCUT2D eigenvalue weighted by Gasteiger charge is -2.35. The van der Waals surface area contributed by atoms with Gasteiger partial charge in [0.1, 0.15) is 0 Å². The molecule has 7 heteroatoms. The normalized spacial score (nSPS) is 17.8. The molecule has 1 aromatic carbocycles. The first-order chi connectivity index (χ1) is 12.3. The number of carbonyl (C=O) groups is 2. The molecule has 0 aliphatic carbocycles. The summed E-state index contributed by atoms with van der Waals surface area (Å²) < 4.78 is 37.5. The van der Waals surface area contributed by atoms with Crippen LogP contribution in [0, 0.1) is 0 Å². The van der Waals surface area contributed by atoms with Crippen molar-refractivity contribution in [3.05, 3.63) is 35.4 Å². The summed E-state index contributed by atoms with van der Waals surface area (Å²) in [4.78, 5) is 26.1. The molecule has 0 radical (unpaired) electrons. The molecule has 1 fully saturated rings. The molecule has 2 amide bonds. The van der Waals surface area contributed by atoms with Gasteiger partial charge in [0, 0.05) is 25.6 Å². The highest BCUT2D eigenvalue weighted by atomic mass is 19.4. The van der Waals surface area contributed by atoms with Gasteiger partial charge in [0.2, 0.25) is 11.8 Å². The van der Waals surface area contributed by atoms with Crippen molar-refractivity contribution >= 4 is 11.8 Å². The van der Waals surface area contributed by atoms with Gasteiger partial charge < -0.3 is 10.2 Å². The van der Waals surface area contributed by atoms with Crippen LogP contribution in [-0.4, -0.2) is 35.8 Å². The van der Waals surface area contributed by atoms with Crippen molar-refractivity contribution in [1.29, 1.82) is 0 Å². The molecule has 1 aliphatic heterocycles. The number of benzene rings is 1. The van der Waals surface area contributed by atoms with Crippen LogP contribution in [-0.2, 0) is 22.2 Å². The van der Waals surface area contributed by atoms with E-state index in [1.54, 1.807) is 0 Å². The van der Waals surface area contributed by atoms with Crippen LogP contribution in [0.4, 0.5) is 13.2 Å². The predicted octanol–water partition coefficient (Wildman–Crippen LogP) is 3.55. The number of halogens is 3. The third-order valence-corrected chi connectivity index (χ3v) is 4.73. The average Bonchev–Trinajstić information content (AvgIpc) is 2.61. The molecule has 1 heterocycles.